The number of rotatable bonds is 5. The Morgan fingerprint density at radius 3 is 2.54 bits per heavy atom. The fourth-order valence-electron chi connectivity index (χ4n) is 2.60. The number of carbonyl (C=O) groups is 1. The van der Waals surface area contributed by atoms with E-state index in [4.69, 9.17) is 14.2 Å². The van der Waals surface area contributed by atoms with Gasteiger partial charge >= 0.3 is 0 Å². The highest BCUT2D eigenvalue weighted by Crippen LogP contribution is 2.29. The van der Waals surface area contributed by atoms with Crippen molar-refractivity contribution in [2.45, 2.75) is 6.61 Å². The fourth-order valence-corrected chi connectivity index (χ4v) is 2.60. The molecule has 1 amide bonds. The molecule has 0 saturated carbocycles. The number of methoxy groups -OCH3 is 1. The summed E-state index contributed by atoms with van der Waals surface area (Å²) in [6.07, 6.45) is 0. The average Bonchev–Trinajstić information content (AvgIpc) is 2.67. The molecule has 1 fully saturated rings. The Labute approximate surface area is 141 Å². The second-order valence-electron chi connectivity index (χ2n) is 5.54. The molecular formula is C19H21NO4. The minimum absolute atomic E-state index is 0.00814. The average molecular weight is 327 g/mol. The van der Waals surface area contributed by atoms with Crippen molar-refractivity contribution in [3.63, 3.8) is 0 Å². The van der Waals surface area contributed by atoms with E-state index in [1.54, 1.807) is 30.2 Å². The Bertz CT molecular complexity index is 681. The first-order valence-corrected chi connectivity index (χ1v) is 7.99. The summed E-state index contributed by atoms with van der Waals surface area (Å²) < 4.78 is 16.5. The lowest BCUT2D eigenvalue weighted by Crippen LogP contribution is -2.40. The predicted octanol–water partition coefficient (Wildman–Crippen LogP) is 2.75. The van der Waals surface area contributed by atoms with Gasteiger partial charge in [-0.2, -0.15) is 0 Å². The van der Waals surface area contributed by atoms with Gasteiger partial charge in [0.25, 0.3) is 5.91 Å². The SMILES string of the molecule is COc1cc(C(=O)N2CCOCC2)ccc1OCc1ccccc1. The molecule has 5 heteroatoms. The molecule has 1 heterocycles. The number of hydrogen-bond acceptors (Lipinski definition) is 4. The second kappa shape index (κ2) is 7.84. The van der Waals surface area contributed by atoms with Crippen LogP contribution in [-0.4, -0.2) is 44.2 Å². The number of amides is 1. The number of nitrogens with zero attached hydrogens (tertiary/aromatic N) is 1. The first-order valence-electron chi connectivity index (χ1n) is 7.99. The van der Waals surface area contributed by atoms with E-state index in [1.807, 2.05) is 30.3 Å². The summed E-state index contributed by atoms with van der Waals surface area (Å²) in [5, 5.41) is 0. The van der Waals surface area contributed by atoms with Gasteiger partial charge in [0.2, 0.25) is 0 Å². The molecule has 1 saturated heterocycles. The highest BCUT2D eigenvalue weighted by molar-refractivity contribution is 5.95. The van der Waals surface area contributed by atoms with Crippen LogP contribution >= 0.6 is 0 Å². The van der Waals surface area contributed by atoms with E-state index >= 15 is 0 Å². The maximum Gasteiger partial charge on any atom is 0.254 e. The summed E-state index contributed by atoms with van der Waals surface area (Å²) in [7, 11) is 1.58. The maximum absolute atomic E-state index is 12.5. The molecule has 3 rings (SSSR count). The van der Waals surface area contributed by atoms with E-state index in [-0.39, 0.29) is 5.91 Å². The molecular weight excluding hydrogens is 306 g/mol. The van der Waals surface area contributed by atoms with Crippen LogP contribution in [0.4, 0.5) is 0 Å². The zero-order valence-electron chi connectivity index (χ0n) is 13.7. The predicted molar refractivity (Wildman–Crippen MR) is 90.5 cm³/mol. The maximum atomic E-state index is 12.5. The number of carbonyl (C=O) groups excluding carboxylic acids is 1. The van der Waals surface area contributed by atoms with Gasteiger partial charge in [-0.05, 0) is 23.8 Å². The minimum atomic E-state index is -0.00814. The molecule has 5 nitrogen and oxygen atoms in total. The fraction of sp³-hybridized carbons (Fsp3) is 0.316. The van der Waals surface area contributed by atoms with Crippen molar-refractivity contribution in [3.8, 4) is 11.5 Å². The highest BCUT2D eigenvalue weighted by atomic mass is 16.5. The van der Waals surface area contributed by atoms with Crippen molar-refractivity contribution >= 4 is 5.91 Å². The molecule has 126 valence electrons. The van der Waals surface area contributed by atoms with Crippen LogP contribution < -0.4 is 9.47 Å². The summed E-state index contributed by atoms with van der Waals surface area (Å²) in [5.41, 5.74) is 1.67. The quantitative estimate of drug-likeness (QED) is 0.847. The molecule has 1 aliphatic rings. The van der Waals surface area contributed by atoms with Crippen molar-refractivity contribution in [2.75, 3.05) is 33.4 Å². The van der Waals surface area contributed by atoms with E-state index in [2.05, 4.69) is 0 Å². The third-order valence-corrected chi connectivity index (χ3v) is 3.95. The summed E-state index contributed by atoms with van der Waals surface area (Å²) in [4.78, 5) is 14.3. The molecule has 0 aliphatic carbocycles. The van der Waals surface area contributed by atoms with Crippen molar-refractivity contribution in [1.82, 2.24) is 4.90 Å². The molecule has 2 aromatic carbocycles. The van der Waals surface area contributed by atoms with Gasteiger partial charge in [0.1, 0.15) is 6.61 Å². The first kappa shape index (κ1) is 16.3. The van der Waals surface area contributed by atoms with Crippen LogP contribution in [0.5, 0.6) is 11.5 Å². The van der Waals surface area contributed by atoms with Gasteiger partial charge in [0.15, 0.2) is 11.5 Å². The van der Waals surface area contributed by atoms with Crippen LogP contribution in [0.25, 0.3) is 0 Å². The number of hydrogen-bond donors (Lipinski definition) is 0. The Hall–Kier alpha value is -2.53. The third kappa shape index (κ3) is 3.86. The molecule has 2 aromatic rings. The third-order valence-electron chi connectivity index (χ3n) is 3.95. The topological polar surface area (TPSA) is 48.0 Å². The molecule has 0 spiro atoms. The highest BCUT2D eigenvalue weighted by Gasteiger charge is 2.20. The lowest BCUT2D eigenvalue weighted by Gasteiger charge is -2.27. The lowest BCUT2D eigenvalue weighted by molar-refractivity contribution is 0.0302. The van der Waals surface area contributed by atoms with Gasteiger partial charge in [-0.15, -0.1) is 0 Å². The van der Waals surface area contributed by atoms with Gasteiger partial charge in [-0.3, -0.25) is 4.79 Å². The molecule has 24 heavy (non-hydrogen) atoms. The molecule has 0 atom stereocenters. The number of ether oxygens (including phenoxy) is 3. The first-order chi connectivity index (χ1) is 11.8. The zero-order valence-corrected chi connectivity index (χ0v) is 13.7. The Morgan fingerprint density at radius 1 is 1.08 bits per heavy atom. The van der Waals surface area contributed by atoms with E-state index in [1.165, 1.54) is 0 Å². The van der Waals surface area contributed by atoms with Crippen LogP contribution in [0.1, 0.15) is 15.9 Å². The zero-order chi connectivity index (χ0) is 16.8. The second-order valence-corrected chi connectivity index (χ2v) is 5.54. The van der Waals surface area contributed by atoms with Crippen molar-refractivity contribution in [2.24, 2.45) is 0 Å². The number of morpholine rings is 1. The lowest BCUT2D eigenvalue weighted by atomic mass is 10.1. The standard InChI is InChI=1S/C19H21NO4/c1-22-18-13-16(19(21)20-9-11-23-12-10-20)7-8-17(18)24-14-15-5-3-2-4-6-15/h2-8,13H,9-12,14H2,1H3. The van der Waals surface area contributed by atoms with Gasteiger partial charge in [0, 0.05) is 18.7 Å². The largest absolute Gasteiger partial charge is 0.493 e. The van der Waals surface area contributed by atoms with Gasteiger partial charge < -0.3 is 19.1 Å². The number of benzene rings is 2. The normalized spacial score (nSPS) is 14.3. The minimum Gasteiger partial charge on any atom is -0.493 e. The molecule has 0 bridgehead atoms. The molecule has 0 aromatic heterocycles. The summed E-state index contributed by atoms with van der Waals surface area (Å²) >= 11 is 0. The summed E-state index contributed by atoms with van der Waals surface area (Å²) in [6.45, 7) is 2.86. The Morgan fingerprint density at radius 2 is 1.83 bits per heavy atom. The smallest absolute Gasteiger partial charge is 0.254 e. The van der Waals surface area contributed by atoms with Crippen LogP contribution in [0.2, 0.25) is 0 Å². The van der Waals surface area contributed by atoms with E-state index in [9.17, 15) is 4.79 Å². The van der Waals surface area contributed by atoms with E-state index in [0.29, 0.717) is 50.0 Å². The summed E-state index contributed by atoms with van der Waals surface area (Å²) in [5.74, 6) is 1.18. The van der Waals surface area contributed by atoms with Crippen molar-refractivity contribution < 1.29 is 19.0 Å². The van der Waals surface area contributed by atoms with Crippen LogP contribution in [0.15, 0.2) is 48.5 Å². The van der Waals surface area contributed by atoms with Crippen molar-refractivity contribution in [1.29, 1.82) is 0 Å². The monoisotopic (exact) mass is 327 g/mol. The summed E-state index contributed by atoms with van der Waals surface area (Å²) in [6, 6.07) is 15.2. The van der Waals surface area contributed by atoms with Crippen LogP contribution in [0, 0.1) is 0 Å². The van der Waals surface area contributed by atoms with Crippen LogP contribution in [0.3, 0.4) is 0 Å². The van der Waals surface area contributed by atoms with Crippen molar-refractivity contribution in [3.05, 3.63) is 59.7 Å². The van der Waals surface area contributed by atoms with E-state index < -0.39 is 0 Å². The van der Waals surface area contributed by atoms with Gasteiger partial charge in [-0.1, -0.05) is 30.3 Å². The van der Waals surface area contributed by atoms with Gasteiger partial charge in [0.05, 0.1) is 20.3 Å². The van der Waals surface area contributed by atoms with E-state index in [0.717, 1.165) is 5.56 Å². The Balaban J connectivity index is 1.71. The molecule has 1 aliphatic heterocycles. The molecule has 0 radical (unpaired) electrons. The Kier molecular flexibility index (Phi) is 5.33. The molecule has 0 unspecified atom stereocenters. The molecule has 0 N–H and O–H groups in total. The van der Waals surface area contributed by atoms with Crippen LogP contribution in [-0.2, 0) is 11.3 Å². The van der Waals surface area contributed by atoms with Gasteiger partial charge in [-0.25, -0.2) is 0 Å².